The fraction of sp³-hybridized carbons (Fsp3) is 0.947. The average molecular weight is 313 g/mol. The summed E-state index contributed by atoms with van der Waals surface area (Å²) < 4.78 is 0. The minimum atomic E-state index is -0.0917. The third-order valence-corrected chi connectivity index (χ3v) is 4.19. The maximum atomic E-state index is 12.4. The van der Waals surface area contributed by atoms with E-state index < -0.39 is 0 Å². The predicted molar refractivity (Wildman–Crippen MR) is 97.0 cm³/mol. The summed E-state index contributed by atoms with van der Waals surface area (Å²) in [6.45, 7) is 10.0. The van der Waals surface area contributed by atoms with Crippen LogP contribution in [0.15, 0.2) is 0 Å². The molecule has 3 nitrogen and oxygen atoms in total. The Labute approximate surface area is 139 Å². The van der Waals surface area contributed by atoms with Crippen molar-refractivity contribution in [1.82, 2.24) is 4.90 Å². The fourth-order valence-corrected chi connectivity index (χ4v) is 2.81. The van der Waals surface area contributed by atoms with Crippen LogP contribution < -0.4 is 5.73 Å². The Morgan fingerprint density at radius 2 is 1.36 bits per heavy atom. The molecule has 0 radical (unpaired) electrons. The van der Waals surface area contributed by atoms with Crippen molar-refractivity contribution in [2.75, 3.05) is 13.1 Å². The van der Waals surface area contributed by atoms with Crippen LogP contribution in [-0.4, -0.2) is 29.4 Å². The van der Waals surface area contributed by atoms with Gasteiger partial charge in [-0.25, -0.2) is 0 Å². The Kier molecular flexibility index (Phi) is 12.6. The van der Waals surface area contributed by atoms with E-state index in [0.717, 1.165) is 19.4 Å². The van der Waals surface area contributed by atoms with E-state index in [4.69, 9.17) is 5.73 Å². The third kappa shape index (κ3) is 11.1. The topological polar surface area (TPSA) is 46.3 Å². The van der Waals surface area contributed by atoms with Gasteiger partial charge >= 0.3 is 0 Å². The van der Waals surface area contributed by atoms with E-state index in [0.29, 0.717) is 18.9 Å². The van der Waals surface area contributed by atoms with Crippen molar-refractivity contribution in [1.29, 1.82) is 0 Å². The van der Waals surface area contributed by atoms with Crippen molar-refractivity contribution in [2.24, 2.45) is 5.73 Å². The summed E-state index contributed by atoms with van der Waals surface area (Å²) in [5, 5.41) is 0. The Balaban J connectivity index is 3.76. The molecule has 0 heterocycles. The molecule has 0 saturated carbocycles. The molecule has 0 aliphatic rings. The van der Waals surface area contributed by atoms with Gasteiger partial charge in [0.1, 0.15) is 0 Å². The minimum Gasteiger partial charge on any atom is -0.338 e. The molecule has 3 heteroatoms. The zero-order chi connectivity index (χ0) is 16.8. The summed E-state index contributed by atoms with van der Waals surface area (Å²) in [5.74, 6) is 0.295. The van der Waals surface area contributed by atoms with E-state index in [9.17, 15) is 4.79 Å². The van der Waals surface area contributed by atoms with E-state index in [1.165, 1.54) is 51.4 Å². The number of carbonyl (C=O) groups is 1. The van der Waals surface area contributed by atoms with Crippen molar-refractivity contribution < 1.29 is 4.79 Å². The highest BCUT2D eigenvalue weighted by atomic mass is 16.2. The monoisotopic (exact) mass is 312 g/mol. The SMILES string of the molecule is CCCCCCCCCCCC(=O)N(CCCN)C(C)(C)C. The first-order chi connectivity index (χ1) is 10.4. The van der Waals surface area contributed by atoms with Gasteiger partial charge in [0.15, 0.2) is 0 Å². The molecule has 0 atom stereocenters. The first-order valence-electron chi connectivity index (χ1n) is 9.44. The van der Waals surface area contributed by atoms with Crippen LogP contribution in [0.2, 0.25) is 0 Å². The zero-order valence-corrected chi connectivity index (χ0v) is 15.6. The first-order valence-corrected chi connectivity index (χ1v) is 9.44. The summed E-state index contributed by atoms with van der Waals surface area (Å²) in [6.07, 6.45) is 13.2. The summed E-state index contributed by atoms with van der Waals surface area (Å²) in [7, 11) is 0. The van der Waals surface area contributed by atoms with Crippen LogP contribution in [0, 0.1) is 0 Å². The molecule has 0 aliphatic carbocycles. The van der Waals surface area contributed by atoms with E-state index in [-0.39, 0.29) is 5.54 Å². The standard InChI is InChI=1S/C19H40N2O/c1-5-6-7-8-9-10-11-12-13-15-18(22)21(17-14-16-20)19(2,3)4/h5-17,20H2,1-4H3. The summed E-state index contributed by atoms with van der Waals surface area (Å²) >= 11 is 0. The minimum absolute atomic E-state index is 0.0917. The second-order valence-electron chi connectivity index (χ2n) is 7.44. The highest BCUT2D eigenvalue weighted by Crippen LogP contribution is 2.17. The van der Waals surface area contributed by atoms with Crippen molar-refractivity contribution in [3.8, 4) is 0 Å². The molecule has 0 aromatic heterocycles. The fourth-order valence-electron chi connectivity index (χ4n) is 2.81. The van der Waals surface area contributed by atoms with E-state index in [2.05, 4.69) is 27.7 Å². The normalized spacial score (nSPS) is 11.7. The lowest BCUT2D eigenvalue weighted by atomic mass is 10.0. The quantitative estimate of drug-likeness (QED) is 0.492. The van der Waals surface area contributed by atoms with Crippen LogP contribution in [0.1, 0.15) is 98.3 Å². The molecule has 0 spiro atoms. The zero-order valence-electron chi connectivity index (χ0n) is 15.6. The molecule has 1 amide bonds. The number of carbonyl (C=O) groups excluding carboxylic acids is 1. The second kappa shape index (κ2) is 12.9. The summed E-state index contributed by atoms with van der Waals surface area (Å²) in [5.41, 5.74) is 5.49. The van der Waals surface area contributed by atoms with Gasteiger partial charge < -0.3 is 10.6 Å². The van der Waals surface area contributed by atoms with Crippen LogP contribution in [0.25, 0.3) is 0 Å². The van der Waals surface area contributed by atoms with Gasteiger partial charge in [-0.05, 0) is 40.2 Å². The van der Waals surface area contributed by atoms with Gasteiger partial charge in [-0.3, -0.25) is 4.79 Å². The van der Waals surface area contributed by atoms with Gasteiger partial charge in [-0.1, -0.05) is 58.3 Å². The van der Waals surface area contributed by atoms with Gasteiger partial charge in [0.05, 0.1) is 0 Å². The van der Waals surface area contributed by atoms with Gasteiger partial charge in [-0.15, -0.1) is 0 Å². The molecule has 0 aromatic carbocycles. The number of amides is 1. The largest absolute Gasteiger partial charge is 0.338 e. The molecular formula is C19H40N2O. The molecule has 0 aromatic rings. The molecule has 22 heavy (non-hydrogen) atoms. The number of nitrogens with zero attached hydrogens (tertiary/aromatic N) is 1. The molecule has 132 valence electrons. The molecule has 0 bridgehead atoms. The third-order valence-electron chi connectivity index (χ3n) is 4.19. The lowest BCUT2D eigenvalue weighted by Gasteiger charge is -2.36. The van der Waals surface area contributed by atoms with Crippen LogP contribution in [0.4, 0.5) is 0 Å². The number of hydrogen-bond donors (Lipinski definition) is 1. The van der Waals surface area contributed by atoms with Gasteiger partial charge in [0.25, 0.3) is 0 Å². The molecule has 0 fully saturated rings. The van der Waals surface area contributed by atoms with E-state index >= 15 is 0 Å². The molecular weight excluding hydrogens is 272 g/mol. The van der Waals surface area contributed by atoms with E-state index in [1.54, 1.807) is 0 Å². The molecule has 0 aliphatic heterocycles. The Morgan fingerprint density at radius 3 is 1.82 bits per heavy atom. The summed E-state index contributed by atoms with van der Waals surface area (Å²) in [6, 6.07) is 0. The average Bonchev–Trinajstić information content (AvgIpc) is 2.44. The molecule has 0 rings (SSSR count). The summed E-state index contributed by atoms with van der Waals surface area (Å²) in [4.78, 5) is 14.4. The first kappa shape index (κ1) is 21.4. The van der Waals surface area contributed by atoms with Crippen molar-refractivity contribution in [3.05, 3.63) is 0 Å². The maximum absolute atomic E-state index is 12.4. The molecule has 0 unspecified atom stereocenters. The molecule has 0 saturated heterocycles. The van der Waals surface area contributed by atoms with Crippen LogP contribution >= 0.6 is 0 Å². The number of nitrogens with two attached hydrogens (primary N) is 1. The van der Waals surface area contributed by atoms with Gasteiger partial charge in [0, 0.05) is 18.5 Å². The Morgan fingerprint density at radius 1 is 0.864 bits per heavy atom. The maximum Gasteiger partial charge on any atom is 0.222 e. The highest BCUT2D eigenvalue weighted by Gasteiger charge is 2.24. The lowest BCUT2D eigenvalue weighted by Crippen LogP contribution is -2.46. The van der Waals surface area contributed by atoms with Gasteiger partial charge in [-0.2, -0.15) is 0 Å². The second-order valence-corrected chi connectivity index (χ2v) is 7.44. The van der Waals surface area contributed by atoms with Crippen LogP contribution in [0.5, 0.6) is 0 Å². The molecule has 2 N–H and O–H groups in total. The van der Waals surface area contributed by atoms with Crippen molar-refractivity contribution in [3.63, 3.8) is 0 Å². The smallest absolute Gasteiger partial charge is 0.222 e. The van der Waals surface area contributed by atoms with Crippen LogP contribution in [-0.2, 0) is 4.79 Å². The van der Waals surface area contributed by atoms with Crippen molar-refractivity contribution in [2.45, 2.75) is 104 Å². The Bertz CT molecular complexity index is 271. The number of rotatable bonds is 13. The van der Waals surface area contributed by atoms with Crippen molar-refractivity contribution >= 4 is 5.91 Å². The van der Waals surface area contributed by atoms with Crippen LogP contribution in [0.3, 0.4) is 0 Å². The number of hydrogen-bond acceptors (Lipinski definition) is 2. The predicted octanol–water partition coefficient (Wildman–Crippen LogP) is 4.88. The Hall–Kier alpha value is -0.570. The number of unbranched alkanes of at least 4 members (excludes halogenated alkanes) is 8. The lowest BCUT2D eigenvalue weighted by molar-refractivity contribution is -0.136. The van der Waals surface area contributed by atoms with Gasteiger partial charge in [0.2, 0.25) is 5.91 Å². The van der Waals surface area contributed by atoms with E-state index in [1.807, 2.05) is 4.90 Å². The highest BCUT2D eigenvalue weighted by molar-refractivity contribution is 5.76.